The van der Waals surface area contributed by atoms with Gasteiger partial charge < -0.3 is 28.9 Å². The van der Waals surface area contributed by atoms with Gasteiger partial charge in [0, 0.05) is 75.8 Å². The molecule has 4 heterocycles. The molecule has 41 heavy (non-hydrogen) atoms. The van der Waals surface area contributed by atoms with Gasteiger partial charge in [-0.25, -0.2) is 4.98 Å². The van der Waals surface area contributed by atoms with Crippen LogP contribution in [0.3, 0.4) is 0 Å². The fourth-order valence-corrected chi connectivity index (χ4v) is 7.46. The summed E-state index contributed by atoms with van der Waals surface area (Å²) in [5.41, 5.74) is 2.47. The zero-order chi connectivity index (χ0) is 29.3. The molecular formula is C30H41ClN4O5S. The predicted octanol–water partition coefficient (Wildman–Crippen LogP) is 4.00. The van der Waals surface area contributed by atoms with Crippen LogP contribution in [-0.4, -0.2) is 110 Å². The average molecular weight is 605 g/mol. The van der Waals surface area contributed by atoms with Gasteiger partial charge in [0.05, 0.1) is 11.1 Å². The number of methoxy groups -OCH3 is 2. The zero-order valence-corrected chi connectivity index (χ0v) is 26.1. The molecule has 2 aromatic rings. The summed E-state index contributed by atoms with van der Waals surface area (Å²) in [6.45, 7) is 8.66. The number of ketones is 1. The lowest BCUT2D eigenvalue weighted by Gasteiger charge is -2.37. The first-order valence-corrected chi connectivity index (χ1v) is 15.7. The Hall–Kier alpha value is -2.08. The Labute approximate surface area is 251 Å². The van der Waals surface area contributed by atoms with Gasteiger partial charge in [0.1, 0.15) is 18.8 Å². The second kappa shape index (κ2) is 12.7. The number of halogens is 1. The number of amides is 1. The van der Waals surface area contributed by atoms with Crippen LogP contribution in [0, 0.1) is 11.8 Å². The van der Waals surface area contributed by atoms with Gasteiger partial charge in [-0.15, -0.1) is 22.9 Å². The molecule has 3 aliphatic rings. The van der Waals surface area contributed by atoms with Crippen molar-refractivity contribution in [3.63, 3.8) is 0 Å². The molecule has 0 N–H and O–H groups in total. The number of thiazole rings is 1. The molecule has 0 spiro atoms. The molecule has 4 atom stereocenters. The van der Waals surface area contributed by atoms with E-state index in [4.69, 9.17) is 30.8 Å². The molecule has 1 aromatic carbocycles. The third-order valence-electron chi connectivity index (χ3n) is 8.58. The molecule has 0 aliphatic carbocycles. The van der Waals surface area contributed by atoms with Crippen LogP contribution in [0.25, 0.3) is 11.3 Å². The van der Waals surface area contributed by atoms with Crippen molar-refractivity contribution in [2.75, 3.05) is 65.5 Å². The number of Topliss-reactive ketones (excluding diaryl/α,β-unsaturated/α-hetero) is 1. The van der Waals surface area contributed by atoms with E-state index >= 15 is 0 Å². The van der Waals surface area contributed by atoms with Crippen molar-refractivity contribution >= 4 is 39.8 Å². The van der Waals surface area contributed by atoms with Crippen molar-refractivity contribution in [1.82, 2.24) is 14.8 Å². The number of piperazine rings is 1. The lowest BCUT2D eigenvalue weighted by atomic mass is 9.88. The van der Waals surface area contributed by atoms with Gasteiger partial charge in [0.15, 0.2) is 10.9 Å². The first kappa shape index (κ1) is 30.4. The standard InChI is InChI=1S/C30H41ClN4O5S/c1-19(2)14-22(28(37)35-16-23(31)26-27(35)30(38-4,39-5)18-40-26)15-25(36)21-8-6-20(7-9-21)24-17-41-29(32-24)34-12-10-33(3)11-13-34/h6-9,17,19,22-23,26-27H,10-16,18H2,1-5H3/t22-,23-,26-,27+/m1/s1. The first-order valence-electron chi connectivity index (χ1n) is 14.3. The summed E-state index contributed by atoms with van der Waals surface area (Å²) in [6, 6.07) is 7.11. The van der Waals surface area contributed by atoms with Crippen LogP contribution >= 0.6 is 22.9 Å². The fraction of sp³-hybridized carbons (Fsp3) is 0.633. The topological polar surface area (TPSA) is 84.4 Å². The summed E-state index contributed by atoms with van der Waals surface area (Å²) >= 11 is 8.27. The minimum atomic E-state index is -1.08. The molecule has 1 amide bonds. The van der Waals surface area contributed by atoms with Crippen LogP contribution in [0.15, 0.2) is 29.6 Å². The van der Waals surface area contributed by atoms with Gasteiger partial charge in [0.2, 0.25) is 11.7 Å². The van der Waals surface area contributed by atoms with E-state index in [2.05, 4.69) is 36.1 Å². The number of carbonyl (C=O) groups is 2. The Morgan fingerprint density at radius 3 is 2.46 bits per heavy atom. The maximum Gasteiger partial charge on any atom is 0.226 e. The van der Waals surface area contributed by atoms with E-state index in [1.165, 1.54) is 0 Å². The Balaban J connectivity index is 1.28. The molecule has 0 unspecified atom stereocenters. The first-order chi connectivity index (χ1) is 19.7. The highest BCUT2D eigenvalue weighted by Crippen LogP contribution is 2.42. The number of fused-ring (bicyclic) bond motifs is 1. The number of rotatable bonds is 10. The molecule has 3 saturated heterocycles. The Bertz CT molecular complexity index is 1210. The molecule has 224 valence electrons. The second-order valence-electron chi connectivity index (χ2n) is 11.8. The van der Waals surface area contributed by atoms with Gasteiger partial charge in [-0.1, -0.05) is 38.1 Å². The minimum absolute atomic E-state index is 0.0578. The highest BCUT2D eigenvalue weighted by Gasteiger charge is 2.61. The Kier molecular flexibility index (Phi) is 9.37. The molecule has 1 aromatic heterocycles. The van der Waals surface area contributed by atoms with E-state index in [1.807, 2.05) is 24.3 Å². The quantitative estimate of drug-likeness (QED) is 0.229. The molecule has 0 radical (unpaired) electrons. The number of ether oxygens (including phenoxy) is 3. The molecule has 0 saturated carbocycles. The molecule has 5 rings (SSSR count). The van der Waals surface area contributed by atoms with E-state index in [0.717, 1.165) is 42.6 Å². The van der Waals surface area contributed by atoms with Gasteiger partial charge in [-0.05, 0) is 19.4 Å². The third kappa shape index (κ3) is 6.19. The van der Waals surface area contributed by atoms with E-state index in [-0.39, 0.29) is 42.1 Å². The highest BCUT2D eigenvalue weighted by atomic mass is 35.5. The predicted molar refractivity (Wildman–Crippen MR) is 161 cm³/mol. The number of benzene rings is 1. The Morgan fingerprint density at radius 2 is 1.83 bits per heavy atom. The van der Waals surface area contributed by atoms with E-state index in [0.29, 0.717) is 18.5 Å². The van der Waals surface area contributed by atoms with E-state index in [1.54, 1.807) is 30.5 Å². The molecular weight excluding hydrogens is 564 g/mol. The van der Waals surface area contributed by atoms with Gasteiger partial charge >= 0.3 is 0 Å². The lowest BCUT2D eigenvalue weighted by Crippen LogP contribution is -2.56. The summed E-state index contributed by atoms with van der Waals surface area (Å²) in [6.07, 6.45) is 0.325. The van der Waals surface area contributed by atoms with Crippen LogP contribution < -0.4 is 4.90 Å². The summed E-state index contributed by atoms with van der Waals surface area (Å²) < 4.78 is 17.3. The number of likely N-dealkylation sites (tertiary alicyclic amines) is 1. The van der Waals surface area contributed by atoms with Crippen LogP contribution in [0.5, 0.6) is 0 Å². The van der Waals surface area contributed by atoms with Crippen molar-refractivity contribution in [3.8, 4) is 11.3 Å². The maximum atomic E-state index is 14.0. The van der Waals surface area contributed by atoms with E-state index < -0.39 is 17.7 Å². The number of carbonyl (C=O) groups excluding carboxylic acids is 2. The molecule has 3 aliphatic heterocycles. The summed E-state index contributed by atoms with van der Waals surface area (Å²) in [5, 5.41) is 2.73. The summed E-state index contributed by atoms with van der Waals surface area (Å²) in [5.74, 6) is -1.49. The number of likely N-dealkylation sites (N-methyl/N-ethyl adjacent to an activating group) is 1. The van der Waals surface area contributed by atoms with Gasteiger partial charge in [-0.3, -0.25) is 9.59 Å². The molecule has 11 heteroatoms. The largest absolute Gasteiger partial charge is 0.369 e. The van der Waals surface area contributed by atoms with Crippen molar-refractivity contribution in [3.05, 3.63) is 35.2 Å². The number of hydrogen-bond acceptors (Lipinski definition) is 9. The fourth-order valence-electron chi connectivity index (χ4n) is 6.21. The monoisotopic (exact) mass is 604 g/mol. The number of aromatic nitrogens is 1. The number of hydrogen-bond donors (Lipinski definition) is 0. The Morgan fingerprint density at radius 1 is 1.15 bits per heavy atom. The van der Waals surface area contributed by atoms with Crippen LogP contribution in [0.2, 0.25) is 0 Å². The molecule has 3 fully saturated rings. The van der Waals surface area contributed by atoms with Crippen molar-refractivity contribution in [1.29, 1.82) is 0 Å². The number of nitrogens with zero attached hydrogens (tertiary/aromatic N) is 4. The zero-order valence-electron chi connectivity index (χ0n) is 24.5. The summed E-state index contributed by atoms with van der Waals surface area (Å²) in [4.78, 5) is 38.7. The number of alkyl halides is 1. The van der Waals surface area contributed by atoms with Crippen molar-refractivity contribution in [2.45, 2.75) is 50.0 Å². The maximum absolute atomic E-state index is 14.0. The minimum Gasteiger partial charge on any atom is -0.369 e. The molecule has 9 nitrogen and oxygen atoms in total. The highest BCUT2D eigenvalue weighted by molar-refractivity contribution is 7.14. The number of anilines is 1. The lowest BCUT2D eigenvalue weighted by molar-refractivity contribution is -0.227. The third-order valence-corrected chi connectivity index (χ3v) is 9.87. The summed E-state index contributed by atoms with van der Waals surface area (Å²) in [7, 11) is 5.25. The molecule has 0 bridgehead atoms. The van der Waals surface area contributed by atoms with Crippen molar-refractivity contribution in [2.24, 2.45) is 11.8 Å². The van der Waals surface area contributed by atoms with Crippen LogP contribution in [0.4, 0.5) is 5.13 Å². The smallest absolute Gasteiger partial charge is 0.226 e. The normalized spacial score (nSPS) is 25.1. The van der Waals surface area contributed by atoms with E-state index in [9.17, 15) is 9.59 Å². The van der Waals surface area contributed by atoms with Crippen molar-refractivity contribution < 1.29 is 23.8 Å². The SMILES string of the molecule is COC1(OC)CO[C@@H]2[C@H](Cl)CN(C(=O)[C@@H](CC(=O)c3ccc(-c4csc(N5CCN(C)CC5)n4)cc3)CC(C)C)[C@@H]21. The average Bonchev–Trinajstić information content (AvgIpc) is 3.69. The van der Waals surface area contributed by atoms with Crippen LogP contribution in [-0.2, 0) is 19.0 Å². The van der Waals surface area contributed by atoms with Gasteiger partial charge in [-0.2, -0.15) is 0 Å². The second-order valence-corrected chi connectivity index (χ2v) is 13.2. The van der Waals surface area contributed by atoms with Gasteiger partial charge in [0.25, 0.3) is 0 Å². The van der Waals surface area contributed by atoms with Crippen LogP contribution in [0.1, 0.15) is 37.0 Å².